The Bertz CT molecular complexity index is 1090. The van der Waals surface area contributed by atoms with Crippen molar-refractivity contribution in [3.63, 3.8) is 0 Å². The van der Waals surface area contributed by atoms with Crippen LogP contribution in [0.4, 0.5) is 11.4 Å². The van der Waals surface area contributed by atoms with E-state index in [-0.39, 0.29) is 0 Å². The number of rotatable bonds is 3. The van der Waals surface area contributed by atoms with Crippen molar-refractivity contribution in [1.82, 2.24) is 0 Å². The molecule has 0 saturated carbocycles. The number of hydrogen-bond acceptors (Lipinski definition) is 2. The van der Waals surface area contributed by atoms with E-state index in [9.17, 15) is 0 Å². The molecular weight excluding hydrogens is 350 g/mol. The lowest BCUT2D eigenvalue weighted by atomic mass is 10.1. The van der Waals surface area contributed by atoms with Crippen molar-refractivity contribution in [2.24, 2.45) is 0 Å². The van der Waals surface area contributed by atoms with Crippen molar-refractivity contribution in [3.8, 4) is 0 Å². The van der Waals surface area contributed by atoms with Crippen LogP contribution in [0.2, 0.25) is 19.6 Å². The van der Waals surface area contributed by atoms with Crippen LogP contribution in [0.25, 0.3) is 20.2 Å². The molecule has 132 valence electrons. The van der Waals surface area contributed by atoms with Crippen molar-refractivity contribution < 1.29 is 0 Å². The van der Waals surface area contributed by atoms with E-state index in [1.54, 1.807) is 0 Å². The zero-order chi connectivity index (χ0) is 18.5. The van der Waals surface area contributed by atoms with Crippen LogP contribution in [0, 0.1) is 6.92 Å². The molecule has 0 bridgehead atoms. The maximum absolute atomic E-state index is 2.39. The molecule has 4 aromatic rings. The molecule has 0 atom stereocenters. The van der Waals surface area contributed by atoms with Gasteiger partial charge in [0.1, 0.15) is 0 Å². The first-order valence-corrected chi connectivity index (χ1v) is 13.4. The summed E-state index contributed by atoms with van der Waals surface area (Å²) in [6.07, 6.45) is 0. The summed E-state index contributed by atoms with van der Waals surface area (Å²) in [5, 5.41) is 4.23. The van der Waals surface area contributed by atoms with Crippen LogP contribution in [-0.4, -0.2) is 15.1 Å². The minimum atomic E-state index is -1.26. The fraction of sp³-hybridized carbons (Fsp3) is 0.217. The molecule has 0 aliphatic carbocycles. The van der Waals surface area contributed by atoms with Crippen molar-refractivity contribution in [2.45, 2.75) is 26.6 Å². The Balaban J connectivity index is 1.83. The highest BCUT2D eigenvalue weighted by atomic mass is 32.1. The van der Waals surface area contributed by atoms with Crippen LogP contribution in [0.1, 0.15) is 5.56 Å². The predicted molar refractivity (Wildman–Crippen MR) is 122 cm³/mol. The number of anilines is 2. The fourth-order valence-electron chi connectivity index (χ4n) is 3.53. The van der Waals surface area contributed by atoms with Crippen molar-refractivity contribution in [2.75, 3.05) is 11.9 Å². The smallest absolute Gasteiger partial charge is 0.0775 e. The van der Waals surface area contributed by atoms with Gasteiger partial charge in [-0.05, 0) is 30.7 Å². The highest BCUT2D eigenvalue weighted by molar-refractivity contribution is 7.26. The van der Waals surface area contributed by atoms with Crippen LogP contribution in [-0.2, 0) is 0 Å². The second kappa shape index (κ2) is 6.25. The van der Waals surface area contributed by atoms with E-state index in [0.29, 0.717) is 0 Å². The lowest BCUT2D eigenvalue weighted by Crippen LogP contribution is -2.37. The van der Waals surface area contributed by atoms with Gasteiger partial charge >= 0.3 is 0 Å². The van der Waals surface area contributed by atoms with Gasteiger partial charge in [-0.3, -0.25) is 0 Å². The fourth-order valence-corrected chi connectivity index (χ4v) is 6.02. The average Bonchev–Trinajstić information content (AvgIpc) is 3.01. The molecule has 0 spiro atoms. The minimum absolute atomic E-state index is 1.24. The number of fused-ring (bicyclic) bond motifs is 3. The minimum Gasteiger partial charge on any atom is -0.343 e. The molecule has 3 aromatic carbocycles. The Morgan fingerprint density at radius 1 is 0.769 bits per heavy atom. The maximum atomic E-state index is 2.39. The molecule has 26 heavy (non-hydrogen) atoms. The number of thiophene rings is 1. The maximum Gasteiger partial charge on any atom is 0.0775 e. The van der Waals surface area contributed by atoms with Gasteiger partial charge in [-0.25, -0.2) is 0 Å². The van der Waals surface area contributed by atoms with E-state index in [1.807, 2.05) is 11.3 Å². The average molecular weight is 376 g/mol. The molecule has 0 aliphatic rings. The van der Waals surface area contributed by atoms with Crippen molar-refractivity contribution in [3.05, 3.63) is 66.2 Å². The second-order valence-corrected chi connectivity index (χ2v) is 14.2. The Morgan fingerprint density at radius 3 is 2.04 bits per heavy atom. The first-order chi connectivity index (χ1) is 12.4. The van der Waals surface area contributed by atoms with E-state index < -0.39 is 8.07 Å². The van der Waals surface area contributed by atoms with E-state index in [1.165, 1.54) is 42.3 Å². The summed E-state index contributed by atoms with van der Waals surface area (Å²) in [5.41, 5.74) is 3.88. The van der Waals surface area contributed by atoms with Crippen LogP contribution >= 0.6 is 11.3 Å². The number of hydrogen-bond donors (Lipinski definition) is 0. The standard InChI is InChI=1S/C23H25NSSi/c1-16-8-6-9-19-20-10-7-11-21(23(20)25-22(16)19)24(2)17-12-14-18(15-13-17)26(3,4)5/h6-15H,1-5H3. The van der Waals surface area contributed by atoms with Gasteiger partial charge in [-0.2, -0.15) is 0 Å². The zero-order valence-corrected chi connectivity index (χ0v) is 17.9. The van der Waals surface area contributed by atoms with E-state index >= 15 is 0 Å². The molecule has 1 aromatic heterocycles. The molecule has 0 radical (unpaired) electrons. The van der Waals surface area contributed by atoms with E-state index in [4.69, 9.17) is 0 Å². The Kier molecular flexibility index (Phi) is 4.17. The normalized spacial score (nSPS) is 12.0. The Hall–Kier alpha value is -2.10. The van der Waals surface area contributed by atoms with E-state index in [2.05, 4.69) is 99.2 Å². The summed E-state index contributed by atoms with van der Waals surface area (Å²) in [4.78, 5) is 2.32. The molecule has 1 nitrogen and oxygen atoms in total. The highest BCUT2D eigenvalue weighted by Crippen LogP contribution is 2.41. The summed E-state index contributed by atoms with van der Waals surface area (Å²) in [6, 6.07) is 22.4. The van der Waals surface area contributed by atoms with E-state index in [0.717, 1.165) is 0 Å². The second-order valence-electron chi connectivity index (χ2n) is 8.06. The molecule has 0 N–H and O–H groups in total. The summed E-state index contributed by atoms with van der Waals surface area (Å²) in [6.45, 7) is 9.39. The van der Waals surface area contributed by atoms with Crippen LogP contribution < -0.4 is 10.1 Å². The molecule has 0 fully saturated rings. The van der Waals surface area contributed by atoms with Gasteiger partial charge in [0.2, 0.25) is 0 Å². The quantitative estimate of drug-likeness (QED) is 0.361. The topological polar surface area (TPSA) is 3.24 Å². The predicted octanol–water partition coefficient (Wildman–Crippen LogP) is 6.68. The molecule has 0 unspecified atom stereocenters. The third-order valence-electron chi connectivity index (χ3n) is 5.18. The lowest BCUT2D eigenvalue weighted by molar-refractivity contribution is 1.23. The summed E-state index contributed by atoms with van der Waals surface area (Å²) < 4.78 is 2.77. The Morgan fingerprint density at radius 2 is 1.38 bits per heavy atom. The Labute approximate surface area is 160 Å². The lowest BCUT2D eigenvalue weighted by Gasteiger charge is -2.22. The van der Waals surface area contributed by atoms with Gasteiger partial charge in [0.15, 0.2) is 0 Å². The molecule has 3 heteroatoms. The van der Waals surface area contributed by atoms with Gasteiger partial charge in [-0.15, -0.1) is 11.3 Å². The summed E-state index contributed by atoms with van der Waals surface area (Å²) in [5.74, 6) is 0. The van der Waals surface area contributed by atoms with Gasteiger partial charge in [-0.1, -0.05) is 67.3 Å². The number of aryl methyl sites for hydroxylation is 1. The first-order valence-electron chi connectivity index (χ1n) is 9.11. The zero-order valence-electron chi connectivity index (χ0n) is 16.1. The number of benzene rings is 3. The molecule has 0 saturated heterocycles. The number of nitrogens with zero attached hydrogens (tertiary/aromatic N) is 1. The largest absolute Gasteiger partial charge is 0.343 e. The van der Waals surface area contributed by atoms with Gasteiger partial charge < -0.3 is 4.90 Å². The molecule has 0 aliphatic heterocycles. The third kappa shape index (κ3) is 2.85. The SMILES string of the molecule is Cc1cccc2c1sc1c(N(C)c3ccc([Si](C)(C)C)cc3)cccc12. The van der Waals surface area contributed by atoms with Gasteiger partial charge in [0.25, 0.3) is 0 Å². The third-order valence-corrected chi connectivity index (χ3v) is 8.63. The van der Waals surface area contributed by atoms with Crippen LogP contribution in [0.3, 0.4) is 0 Å². The van der Waals surface area contributed by atoms with Crippen molar-refractivity contribution >= 4 is 56.1 Å². The molecule has 4 rings (SSSR count). The molecular formula is C23H25NSSi. The molecule has 1 heterocycles. The van der Waals surface area contributed by atoms with Gasteiger partial charge in [0, 0.05) is 28.2 Å². The summed E-state index contributed by atoms with van der Waals surface area (Å²) in [7, 11) is 0.917. The highest BCUT2D eigenvalue weighted by Gasteiger charge is 2.17. The van der Waals surface area contributed by atoms with Crippen LogP contribution in [0.5, 0.6) is 0 Å². The van der Waals surface area contributed by atoms with Crippen LogP contribution in [0.15, 0.2) is 60.7 Å². The van der Waals surface area contributed by atoms with Gasteiger partial charge in [0.05, 0.1) is 18.5 Å². The molecule has 0 amide bonds. The first kappa shape index (κ1) is 17.3. The monoisotopic (exact) mass is 375 g/mol. The summed E-state index contributed by atoms with van der Waals surface area (Å²) >= 11 is 1.91. The van der Waals surface area contributed by atoms with Crippen molar-refractivity contribution in [1.29, 1.82) is 0 Å².